The van der Waals surface area contributed by atoms with E-state index in [1.807, 2.05) is 38.2 Å². The van der Waals surface area contributed by atoms with Gasteiger partial charge < -0.3 is 16.0 Å². The summed E-state index contributed by atoms with van der Waals surface area (Å²) in [4.78, 5) is 25.0. The summed E-state index contributed by atoms with van der Waals surface area (Å²) in [5.41, 5.74) is 10.1. The lowest BCUT2D eigenvalue weighted by Gasteiger charge is -2.31. The van der Waals surface area contributed by atoms with E-state index in [0.717, 1.165) is 28.2 Å². The zero-order valence-corrected chi connectivity index (χ0v) is 21.9. The van der Waals surface area contributed by atoms with Crippen molar-refractivity contribution in [3.8, 4) is 11.3 Å². The number of fused-ring (bicyclic) bond motifs is 1. The van der Waals surface area contributed by atoms with Gasteiger partial charge in [0.2, 0.25) is 11.9 Å². The third-order valence-corrected chi connectivity index (χ3v) is 5.39. The zero-order chi connectivity index (χ0) is 27.6. The predicted molar refractivity (Wildman–Crippen MR) is 141 cm³/mol. The van der Waals surface area contributed by atoms with Gasteiger partial charge in [-0.05, 0) is 44.9 Å². The molecule has 0 unspecified atom stereocenters. The Morgan fingerprint density at radius 2 is 2.00 bits per heavy atom. The number of nitrogens with two attached hydrogens (primary N) is 1. The van der Waals surface area contributed by atoms with Crippen molar-refractivity contribution in [3.05, 3.63) is 30.1 Å². The molecule has 1 fully saturated rings. The van der Waals surface area contributed by atoms with Crippen LogP contribution in [0.4, 0.5) is 30.6 Å². The van der Waals surface area contributed by atoms with Crippen LogP contribution in [0.25, 0.3) is 16.8 Å². The van der Waals surface area contributed by atoms with Crippen molar-refractivity contribution in [1.82, 2.24) is 24.5 Å². The maximum Gasteiger partial charge on any atom is 0.265 e. The first-order chi connectivity index (χ1) is 17.6. The second-order valence-corrected chi connectivity index (χ2v) is 8.37. The number of halogens is 3. The molecule has 3 aromatic heterocycles. The van der Waals surface area contributed by atoms with Gasteiger partial charge in [0.05, 0.1) is 30.3 Å². The van der Waals surface area contributed by atoms with Crippen molar-refractivity contribution in [2.45, 2.75) is 52.9 Å². The Morgan fingerprint density at radius 3 is 2.51 bits per heavy atom. The summed E-state index contributed by atoms with van der Waals surface area (Å²) >= 11 is 0. The largest absolute Gasteiger partial charge is 0.371 e. The Hall–Kier alpha value is -3.70. The minimum Gasteiger partial charge on any atom is -0.371 e. The van der Waals surface area contributed by atoms with Crippen LogP contribution in [0.1, 0.15) is 45.7 Å². The summed E-state index contributed by atoms with van der Waals surface area (Å²) in [6, 6.07) is 5.85. The summed E-state index contributed by atoms with van der Waals surface area (Å²) in [6.07, 6.45) is 4.58. The number of piperidine rings is 1. The summed E-state index contributed by atoms with van der Waals surface area (Å²) in [5.74, 6) is -2.04. The lowest BCUT2D eigenvalue weighted by atomic mass is 10.1. The number of hydrogen-bond acceptors (Lipinski definition) is 7. The molecule has 4 heterocycles. The Morgan fingerprint density at radius 1 is 1.30 bits per heavy atom. The molecular formula is C25H35F3N8O. The smallest absolute Gasteiger partial charge is 0.265 e. The van der Waals surface area contributed by atoms with Crippen LogP contribution >= 0.6 is 0 Å². The fraction of sp³-hybridized carbons (Fsp3) is 0.480. The van der Waals surface area contributed by atoms with E-state index in [9.17, 15) is 18.0 Å². The van der Waals surface area contributed by atoms with Gasteiger partial charge in [-0.25, -0.2) is 13.3 Å². The van der Waals surface area contributed by atoms with E-state index in [2.05, 4.69) is 25.4 Å². The van der Waals surface area contributed by atoms with Crippen LogP contribution in [-0.4, -0.2) is 69.3 Å². The number of aromatic nitrogens is 4. The van der Waals surface area contributed by atoms with Crippen LogP contribution in [-0.2, 0) is 4.79 Å². The van der Waals surface area contributed by atoms with E-state index in [-0.39, 0.29) is 25.0 Å². The molecule has 0 saturated carbocycles. The fourth-order valence-corrected chi connectivity index (χ4v) is 3.64. The molecule has 1 saturated heterocycles. The molecule has 37 heavy (non-hydrogen) atoms. The number of alkyl halides is 3. The highest BCUT2D eigenvalue weighted by Crippen LogP contribution is 2.30. The second kappa shape index (κ2) is 13.6. The Labute approximate surface area is 215 Å². The quantitative estimate of drug-likeness (QED) is 0.464. The number of amides is 1. The Balaban J connectivity index is 0.000000268. The van der Waals surface area contributed by atoms with Crippen molar-refractivity contribution >= 4 is 35.1 Å². The number of pyridine rings is 1. The topological polar surface area (TPSA) is 114 Å². The first kappa shape index (κ1) is 29.5. The zero-order valence-electron chi connectivity index (χ0n) is 21.9. The van der Waals surface area contributed by atoms with Crippen molar-refractivity contribution in [2.75, 3.05) is 37.9 Å². The van der Waals surface area contributed by atoms with Crippen LogP contribution in [0.2, 0.25) is 0 Å². The SMILES string of the molecule is CC(=O)N1CCCC(F)(F)C1.CC=Nc1ccc(-c2ccn3nc(N)nc(NC)c23)nc1C.CCCF. The van der Waals surface area contributed by atoms with Gasteiger partial charge in [0.1, 0.15) is 5.52 Å². The number of hydrogen-bond donors (Lipinski definition) is 2. The molecular weight excluding hydrogens is 485 g/mol. The highest BCUT2D eigenvalue weighted by Gasteiger charge is 2.35. The molecule has 1 aliphatic rings. The molecule has 12 heteroatoms. The lowest BCUT2D eigenvalue weighted by molar-refractivity contribution is -0.139. The van der Waals surface area contributed by atoms with Crippen molar-refractivity contribution in [3.63, 3.8) is 0 Å². The number of likely N-dealkylation sites (tertiary alicyclic amines) is 1. The van der Waals surface area contributed by atoms with E-state index in [1.165, 1.54) is 11.8 Å². The van der Waals surface area contributed by atoms with E-state index >= 15 is 0 Å². The molecule has 1 aliphatic heterocycles. The van der Waals surface area contributed by atoms with E-state index < -0.39 is 12.5 Å². The first-order valence-corrected chi connectivity index (χ1v) is 12.0. The van der Waals surface area contributed by atoms with Crippen LogP contribution in [0.5, 0.6) is 0 Å². The van der Waals surface area contributed by atoms with Crippen LogP contribution in [0.3, 0.4) is 0 Å². The Kier molecular flexibility index (Phi) is 10.8. The average molecular weight is 521 g/mol. The molecule has 202 valence electrons. The van der Waals surface area contributed by atoms with Crippen LogP contribution < -0.4 is 11.1 Å². The molecule has 0 bridgehead atoms. The maximum atomic E-state index is 12.6. The third kappa shape index (κ3) is 8.16. The number of nitrogen functional groups attached to an aromatic ring is 1. The van der Waals surface area contributed by atoms with Gasteiger partial charge in [-0.15, -0.1) is 5.10 Å². The number of nitrogens with one attached hydrogen (secondary N) is 1. The Bertz CT molecular complexity index is 1210. The first-order valence-electron chi connectivity index (χ1n) is 12.0. The number of aryl methyl sites for hydroxylation is 1. The van der Waals surface area contributed by atoms with Gasteiger partial charge in [0.25, 0.3) is 5.92 Å². The maximum absolute atomic E-state index is 12.6. The summed E-state index contributed by atoms with van der Waals surface area (Å²) in [6.45, 7) is 6.85. The number of nitrogens with zero attached hydrogens (tertiary/aromatic N) is 6. The van der Waals surface area contributed by atoms with E-state index in [0.29, 0.717) is 25.2 Å². The van der Waals surface area contributed by atoms with E-state index in [4.69, 9.17) is 5.73 Å². The number of carbonyl (C=O) groups is 1. The summed E-state index contributed by atoms with van der Waals surface area (Å²) in [7, 11) is 1.80. The molecule has 1 amide bonds. The van der Waals surface area contributed by atoms with E-state index in [1.54, 1.807) is 24.7 Å². The second-order valence-electron chi connectivity index (χ2n) is 8.37. The number of carbonyl (C=O) groups excluding carboxylic acids is 1. The molecule has 0 atom stereocenters. The standard InChI is InChI=1S/C15H17N7.C7H11F2NO.C3H7F/c1-4-18-11-5-6-12(19-9(11)2)10-7-8-22-13(10)14(17-3)20-15(16)21-22;1-6(11)10-4-2-3-7(8,9)5-10;1-2-3-4/h4-8H,1-3H3,(H3,16,17,20,21);2-5H2,1H3;2-3H2,1H3. The predicted octanol–water partition coefficient (Wildman–Crippen LogP) is 5.08. The molecule has 9 nitrogen and oxygen atoms in total. The third-order valence-electron chi connectivity index (χ3n) is 5.39. The molecule has 3 aromatic rings. The molecule has 4 rings (SSSR count). The molecule has 0 spiro atoms. The average Bonchev–Trinajstić information content (AvgIpc) is 3.28. The number of rotatable bonds is 4. The fourth-order valence-electron chi connectivity index (χ4n) is 3.64. The summed E-state index contributed by atoms with van der Waals surface area (Å²) < 4.78 is 37.7. The monoisotopic (exact) mass is 520 g/mol. The minimum absolute atomic E-state index is 0.0865. The van der Waals surface area contributed by atoms with Gasteiger partial charge in [-0.2, -0.15) is 4.98 Å². The molecule has 0 aliphatic carbocycles. The molecule has 0 aromatic carbocycles. The number of anilines is 2. The minimum atomic E-state index is -2.66. The van der Waals surface area contributed by atoms with Crippen molar-refractivity contribution < 1.29 is 18.0 Å². The van der Waals surface area contributed by atoms with Gasteiger partial charge >= 0.3 is 0 Å². The van der Waals surface area contributed by atoms with Gasteiger partial charge in [0, 0.05) is 44.9 Å². The van der Waals surface area contributed by atoms with Crippen molar-refractivity contribution in [2.24, 2.45) is 4.99 Å². The van der Waals surface area contributed by atoms with Gasteiger partial charge in [-0.3, -0.25) is 19.2 Å². The van der Waals surface area contributed by atoms with Crippen LogP contribution in [0.15, 0.2) is 29.4 Å². The highest BCUT2D eigenvalue weighted by atomic mass is 19.3. The normalized spacial score (nSPS) is 14.5. The number of aliphatic imine (C=N–C) groups is 1. The molecule has 0 radical (unpaired) electrons. The van der Waals surface area contributed by atoms with Gasteiger partial charge in [0.15, 0.2) is 5.82 Å². The summed E-state index contributed by atoms with van der Waals surface area (Å²) in [5, 5.41) is 7.24. The highest BCUT2D eigenvalue weighted by molar-refractivity contribution is 5.87. The van der Waals surface area contributed by atoms with Crippen LogP contribution in [0, 0.1) is 6.92 Å². The lowest BCUT2D eigenvalue weighted by Crippen LogP contribution is -2.44. The van der Waals surface area contributed by atoms with Gasteiger partial charge in [-0.1, -0.05) is 6.92 Å². The molecule has 3 N–H and O–H groups in total. The van der Waals surface area contributed by atoms with Crippen molar-refractivity contribution in [1.29, 1.82) is 0 Å².